The van der Waals surface area contributed by atoms with Crippen LogP contribution in [0, 0.1) is 0 Å². The summed E-state index contributed by atoms with van der Waals surface area (Å²) >= 11 is 0. The minimum absolute atomic E-state index is 0.0467. The molecule has 0 saturated carbocycles. The Morgan fingerprint density at radius 1 is 1.21 bits per heavy atom. The number of hydrogen-bond acceptors (Lipinski definition) is 6. The summed E-state index contributed by atoms with van der Waals surface area (Å²) in [5, 5.41) is 8.90. The van der Waals surface area contributed by atoms with Gasteiger partial charge in [-0.15, -0.1) is 10.2 Å². The summed E-state index contributed by atoms with van der Waals surface area (Å²) < 4.78 is 13.9. The molecule has 1 aliphatic carbocycles. The molecule has 2 aliphatic heterocycles. The van der Waals surface area contributed by atoms with Crippen molar-refractivity contribution in [2.45, 2.75) is 57.3 Å². The number of hydrogen-bond donors (Lipinski definition) is 0. The summed E-state index contributed by atoms with van der Waals surface area (Å²) in [6.07, 6.45) is 5.98. The standard InChI is InChI=1S/C26H28N4O4/c1-2-29-15-21(25(32)30-10-9-26(16-30)8-5-11-33-26)23(31)20-14-22(27-28-24(20)29)34-19-12-17-6-3-4-7-18(17)13-19/h3-4,6-7,14-15,19H,2,5,8-13,16H2,1H3. The molecule has 2 fully saturated rings. The van der Waals surface area contributed by atoms with Crippen molar-refractivity contribution in [3.63, 3.8) is 0 Å². The van der Waals surface area contributed by atoms with Gasteiger partial charge in [-0.05, 0) is 37.3 Å². The zero-order chi connectivity index (χ0) is 23.3. The van der Waals surface area contributed by atoms with Gasteiger partial charge in [0.25, 0.3) is 5.91 Å². The summed E-state index contributed by atoms with van der Waals surface area (Å²) in [4.78, 5) is 28.6. The summed E-state index contributed by atoms with van der Waals surface area (Å²) in [6, 6.07) is 9.93. The SMILES string of the molecule is CCn1cc(C(=O)N2CCC3(CCCO3)C2)c(=O)c2cc(OC3Cc4ccccc4C3)nnc21. The average Bonchev–Trinajstić information content (AvgIpc) is 3.59. The minimum atomic E-state index is -0.326. The Balaban J connectivity index is 1.30. The van der Waals surface area contributed by atoms with Crippen molar-refractivity contribution in [2.75, 3.05) is 19.7 Å². The molecule has 2 saturated heterocycles. The number of nitrogens with zero attached hydrogens (tertiary/aromatic N) is 4. The number of benzene rings is 1. The van der Waals surface area contributed by atoms with Gasteiger partial charge >= 0.3 is 0 Å². The molecule has 8 heteroatoms. The van der Waals surface area contributed by atoms with Crippen LogP contribution in [-0.4, -0.2) is 57.0 Å². The molecule has 6 rings (SSSR count). The predicted molar refractivity (Wildman–Crippen MR) is 126 cm³/mol. The molecule has 2 aromatic heterocycles. The van der Waals surface area contributed by atoms with Gasteiger partial charge in [0.2, 0.25) is 11.3 Å². The van der Waals surface area contributed by atoms with Gasteiger partial charge in [0.1, 0.15) is 11.7 Å². The molecule has 1 spiro atoms. The number of rotatable bonds is 4. The first-order valence-corrected chi connectivity index (χ1v) is 12.1. The largest absolute Gasteiger partial charge is 0.473 e. The van der Waals surface area contributed by atoms with E-state index in [2.05, 4.69) is 22.3 Å². The van der Waals surface area contributed by atoms with Crippen LogP contribution >= 0.6 is 0 Å². The maximum absolute atomic E-state index is 13.5. The van der Waals surface area contributed by atoms with E-state index in [4.69, 9.17) is 9.47 Å². The summed E-state index contributed by atoms with van der Waals surface area (Å²) in [6.45, 7) is 4.41. The van der Waals surface area contributed by atoms with Crippen molar-refractivity contribution < 1.29 is 14.3 Å². The topological polar surface area (TPSA) is 86.5 Å². The van der Waals surface area contributed by atoms with Gasteiger partial charge in [0.15, 0.2) is 5.65 Å². The third-order valence-corrected chi connectivity index (χ3v) is 7.46. The molecule has 1 amide bonds. The number of fused-ring (bicyclic) bond motifs is 2. The molecule has 34 heavy (non-hydrogen) atoms. The van der Waals surface area contributed by atoms with Crippen LogP contribution in [0.5, 0.6) is 5.88 Å². The molecule has 1 unspecified atom stereocenters. The van der Waals surface area contributed by atoms with Crippen molar-refractivity contribution in [1.82, 2.24) is 19.7 Å². The van der Waals surface area contributed by atoms with Crippen LogP contribution in [0.15, 0.2) is 41.3 Å². The number of amides is 1. The van der Waals surface area contributed by atoms with Crippen molar-refractivity contribution in [3.8, 4) is 5.88 Å². The molecule has 3 aliphatic rings. The van der Waals surface area contributed by atoms with Crippen LogP contribution < -0.4 is 10.2 Å². The van der Waals surface area contributed by atoms with E-state index < -0.39 is 0 Å². The van der Waals surface area contributed by atoms with Gasteiger partial charge in [-0.3, -0.25) is 9.59 Å². The molecular weight excluding hydrogens is 432 g/mol. The molecule has 0 bridgehead atoms. The monoisotopic (exact) mass is 460 g/mol. The minimum Gasteiger partial charge on any atom is -0.473 e. The van der Waals surface area contributed by atoms with E-state index in [9.17, 15) is 9.59 Å². The zero-order valence-electron chi connectivity index (χ0n) is 19.3. The molecule has 0 radical (unpaired) electrons. The van der Waals surface area contributed by atoms with Gasteiger partial charge in [0.05, 0.1) is 17.5 Å². The van der Waals surface area contributed by atoms with E-state index >= 15 is 0 Å². The number of carbonyl (C=O) groups excluding carboxylic acids is 1. The Labute approximate surface area is 197 Å². The highest BCUT2D eigenvalue weighted by Gasteiger charge is 2.43. The zero-order valence-corrected chi connectivity index (χ0v) is 19.3. The Kier molecular flexibility index (Phi) is 5.13. The average molecular weight is 461 g/mol. The van der Waals surface area contributed by atoms with Crippen LogP contribution in [0.4, 0.5) is 0 Å². The highest BCUT2D eigenvalue weighted by Crippen LogP contribution is 2.35. The van der Waals surface area contributed by atoms with E-state index in [0.29, 0.717) is 36.5 Å². The maximum atomic E-state index is 13.5. The molecule has 176 valence electrons. The predicted octanol–water partition coefficient (Wildman–Crippen LogP) is 2.75. The maximum Gasteiger partial charge on any atom is 0.259 e. The van der Waals surface area contributed by atoms with Crippen LogP contribution in [0.3, 0.4) is 0 Å². The van der Waals surface area contributed by atoms with E-state index in [1.807, 2.05) is 23.6 Å². The number of aromatic nitrogens is 3. The second-order valence-corrected chi connectivity index (χ2v) is 9.61. The first-order valence-electron chi connectivity index (χ1n) is 12.1. The van der Waals surface area contributed by atoms with Crippen LogP contribution in [0.25, 0.3) is 11.0 Å². The van der Waals surface area contributed by atoms with Crippen molar-refractivity contribution in [2.24, 2.45) is 0 Å². The number of ether oxygens (including phenoxy) is 2. The van der Waals surface area contributed by atoms with Crippen LogP contribution in [0.2, 0.25) is 0 Å². The number of carbonyl (C=O) groups is 1. The lowest BCUT2D eigenvalue weighted by atomic mass is 10.00. The number of aryl methyl sites for hydroxylation is 1. The normalized spacial score (nSPS) is 22.1. The van der Waals surface area contributed by atoms with Gasteiger partial charge in [0, 0.05) is 44.8 Å². The van der Waals surface area contributed by atoms with E-state index in [1.54, 1.807) is 17.2 Å². The van der Waals surface area contributed by atoms with E-state index in [0.717, 1.165) is 38.7 Å². The molecular formula is C26H28N4O4. The molecule has 1 atom stereocenters. The van der Waals surface area contributed by atoms with E-state index in [1.165, 1.54) is 11.1 Å². The molecule has 8 nitrogen and oxygen atoms in total. The third-order valence-electron chi connectivity index (χ3n) is 7.46. The highest BCUT2D eigenvalue weighted by atomic mass is 16.5. The second-order valence-electron chi connectivity index (χ2n) is 9.61. The third kappa shape index (κ3) is 3.57. The molecule has 4 heterocycles. The fraction of sp³-hybridized carbons (Fsp3) is 0.462. The first-order chi connectivity index (χ1) is 16.5. The fourth-order valence-corrected chi connectivity index (χ4v) is 5.66. The van der Waals surface area contributed by atoms with Gasteiger partial charge in [-0.25, -0.2) is 0 Å². The highest BCUT2D eigenvalue weighted by molar-refractivity contribution is 5.97. The Hall–Kier alpha value is -3.26. The lowest BCUT2D eigenvalue weighted by Crippen LogP contribution is -2.37. The lowest BCUT2D eigenvalue weighted by molar-refractivity contribution is 0.0126. The van der Waals surface area contributed by atoms with Crippen LogP contribution in [0.1, 0.15) is 47.7 Å². The van der Waals surface area contributed by atoms with Crippen molar-refractivity contribution in [3.05, 3.63) is 63.4 Å². The van der Waals surface area contributed by atoms with E-state index in [-0.39, 0.29) is 28.6 Å². The van der Waals surface area contributed by atoms with Gasteiger partial charge in [-0.2, -0.15) is 0 Å². The van der Waals surface area contributed by atoms with Gasteiger partial charge < -0.3 is 18.9 Å². The summed E-state index contributed by atoms with van der Waals surface area (Å²) in [5.41, 5.74) is 2.61. The smallest absolute Gasteiger partial charge is 0.259 e. The summed E-state index contributed by atoms with van der Waals surface area (Å²) in [5.74, 6) is 0.0705. The lowest BCUT2D eigenvalue weighted by Gasteiger charge is -2.23. The Morgan fingerprint density at radius 2 is 2.00 bits per heavy atom. The molecule has 0 N–H and O–H groups in total. The Morgan fingerprint density at radius 3 is 2.71 bits per heavy atom. The van der Waals surface area contributed by atoms with Crippen molar-refractivity contribution in [1.29, 1.82) is 0 Å². The molecule has 1 aromatic carbocycles. The first kappa shape index (κ1) is 21.3. The number of pyridine rings is 1. The van der Waals surface area contributed by atoms with Crippen LogP contribution in [-0.2, 0) is 24.1 Å². The second kappa shape index (κ2) is 8.20. The van der Waals surface area contributed by atoms with Gasteiger partial charge in [-0.1, -0.05) is 24.3 Å². The van der Waals surface area contributed by atoms with Crippen molar-refractivity contribution >= 4 is 16.9 Å². The number of likely N-dealkylation sites (tertiary alicyclic amines) is 1. The quantitative estimate of drug-likeness (QED) is 0.595. The molecule has 3 aromatic rings. The summed E-state index contributed by atoms with van der Waals surface area (Å²) in [7, 11) is 0. The Bertz CT molecular complexity index is 1300. The fourth-order valence-electron chi connectivity index (χ4n) is 5.66.